The van der Waals surface area contributed by atoms with Crippen molar-refractivity contribution in [1.29, 1.82) is 0 Å². The number of hydrogen-bond donors (Lipinski definition) is 2. The van der Waals surface area contributed by atoms with Crippen LogP contribution in [0, 0.1) is 0 Å². The Morgan fingerprint density at radius 2 is 1.55 bits per heavy atom. The van der Waals surface area contributed by atoms with Gasteiger partial charge >= 0.3 is 12.2 Å². The second-order valence-electron chi connectivity index (χ2n) is 7.07. The summed E-state index contributed by atoms with van der Waals surface area (Å²) in [5.74, 6) is -0.134. The van der Waals surface area contributed by atoms with Crippen molar-refractivity contribution in [1.82, 2.24) is 0 Å². The summed E-state index contributed by atoms with van der Waals surface area (Å²) in [6, 6.07) is 17.8. The Balaban J connectivity index is 1.48. The zero-order valence-electron chi connectivity index (χ0n) is 16.2. The average molecular weight is 425 g/mol. The molecule has 0 saturated heterocycles. The molecule has 5 nitrogen and oxygen atoms in total. The van der Waals surface area contributed by atoms with E-state index in [9.17, 15) is 22.8 Å². The number of nitrogens with zero attached hydrogens (tertiary/aromatic N) is 1. The maximum absolute atomic E-state index is 12.8. The van der Waals surface area contributed by atoms with Crippen molar-refractivity contribution in [3.8, 4) is 0 Å². The summed E-state index contributed by atoms with van der Waals surface area (Å²) in [4.78, 5) is 26.8. The lowest BCUT2D eigenvalue weighted by molar-refractivity contribution is -0.137. The van der Waals surface area contributed by atoms with Gasteiger partial charge in [0.2, 0.25) is 0 Å². The number of hydrogen-bond acceptors (Lipinski definition) is 2. The summed E-state index contributed by atoms with van der Waals surface area (Å²) < 4.78 is 38.5. The molecule has 1 heterocycles. The molecule has 0 aromatic heterocycles. The molecule has 31 heavy (non-hydrogen) atoms. The number of carbonyl (C=O) groups is 2. The molecule has 3 amide bonds. The van der Waals surface area contributed by atoms with Crippen molar-refractivity contribution >= 4 is 29.0 Å². The summed E-state index contributed by atoms with van der Waals surface area (Å²) in [5, 5.41) is 5.01. The third kappa shape index (κ3) is 4.53. The van der Waals surface area contributed by atoms with Gasteiger partial charge in [-0.25, -0.2) is 4.79 Å². The number of carbonyl (C=O) groups excluding carboxylic acids is 2. The molecule has 0 radical (unpaired) electrons. The summed E-state index contributed by atoms with van der Waals surface area (Å²) in [5.41, 5.74) is 1.85. The van der Waals surface area contributed by atoms with E-state index in [1.807, 2.05) is 12.1 Å². The quantitative estimate of drug-likeness (QED) is 0.578. The maximum Gasteiger partial charge on any atom is 0.416 e. The number of halogens is 3. The van der Waals surface area contributed by atoms with E-state index in [0.29, 0.717) is 29.9 Å². The highest BCUT2D eigenvalue weighted by Crippen LogP contribution is 2.33. The molecule has 1 aliphatic rings. The van der Waals surface area contributed by atoms with Crippen molar-refractivity contribution < 1.29 is 22.8 Å². The third-order valence-corrected chi connectivity index (χ3v) is 4.95. The van der Waals surface area contributed by atoms with Crippen LogP contribution in [0.15, 0.2) is 72.8 Å². The predicted octanol–water partition coefficient (Wildman–Crippen LogP) is 5.55. The minimum Gasteiger partial charge on any atom is -0.308 e. The van der Waals surface area contributed by atoms with E-state index >= 15 is 0 Å². The molecule has 0 saturated carbocycles. The van der Waals surface area contributed by atoms with E-state index in [0.717, 1.165) is 17.7 Å². The second kappa shape index (κ2) is 8.14. The van der Waals surface area contributed by atoms with Gasteiger partial charge in [-0.15, -0.1) is 0 Å². The van der Waals surface area contributed by atoms with Crippen molar-refractivity contribution in [3.05, 3.63) is 89.5 Å². The van der Waals surface area contributed by atoms with Crippen LogP contribution in [0.4, 0.5) is 35.0 Å². The van der Waals surface area contributed by atoms with Crippen LogP contribution in [0.2, 0.25) is 0 Å². The van der Waals surface area contributed by atoms with Crippen molar-refractivity contribution in [3.63, 3.8) is 0 Å². The van der Waals surface area contributed by atoms with Crippen molar-refractivity contribution in [2.45, 2.75) is 12.6 Å². The highest BCUT2D eigenvalue weighted by molar-refractivity contribution is 6.08. The van der Waals surface area contributed by atoms with E-state index in [-0.39, 0.29) is 11.6 Å². The van der Waals surface area contributed by atoms with Gasteiger partial charge in [-0.2, -0.15) is 13.2 Å². The topological polar surface area (TPSA) is 61.4 Å². The number of rotatable bonds is 3. The van der Waals surface area contributed by atoms with Crippen LogP contribution in [-0.4, -0.2) is 18.5 Å². The fourth-order valence-electron chi connectivity index (χ4n) is 3.47. The number of benzene rings is 3. The van der Waals surface area contributed by atoms with Gasteiger partial charge in [-0.05, 0) is 54.4 Å². The zero-order valence-corrected chi connectivity index (χ0v) is 16.2. The standard InChI is InChI=1S/C23H18F3N3O2/c24-23(25,26)17-7-4-8-18(13-17)27-22(31)28-19-10-9-15-11-12-29(20(15)14-19)21(30)16-5-2-1-3-6-16/h1-10,13-14H,11-12H2,(H2,27,28,31). The molecular formula is C23H18F3N3O2. The molecule has 0 atom stereocenters. The van der Waals surface area contributed by atoms with Gasteiger partial charge in [0.25, 0.3) is 5.91 Å². The maximum atomic E-state index is 12.8. The van der Waals surface area contributed by atoms with Gasteiger partial charge in [0.1, 0.15) is 0 Å². The largest absolute Gasteiger partial charge is 0.416 e. The number of urea groups is 1. The molecule has 0 fully saturated rings. The van der Waals surface area contributed by atoms with E-state index in [1.54, 1.807) is 41.3 Å². The second-order valence-corrected chi connectivity index (χ2v) is 7.07. The van der Waals surface area contributed by atoms with Gasteiger partial charge in [-0.1, -0.05) is 30.3 Å². The number of fused-ring (bicyclic) bond motifs is 1. The molecular weight excluding hydrogens is 407 g/mol. The first-order chi connectivity index (χ1) is 14.8. The Hall–Kier alpha value is -3.81. The van der Waals surface area contributed by atoms with Crippen LogP contribution < -0.4 is 15.5 Å². The molecule has 0 spiro atoms. The molecule has 158 valence electrons. The van der Waals surface area contributed by atoms with Crippen molar-refractivity contribution in [2.24, 2.45) is 0 Å². The molecule has 4 rings (SSSR count). The van der Waals surface area contributed by atoms with Crippen LogP contribution in [0.1, 0.15) is 21.5 Å². The SMILES string of the molecule is O=C(Nc1cccc(C(F)(F)F)c1)Nc1ccc2c(c1)N(C(=O)c1ccccc1)CC2. The first-order valence-electron chi connectivity index (χ1n) is 9.56. The van der Waals surface area contributed by atoms with Crippen LogP contribution in [0.25, 0.3) is 0 Å². The number of anilines is 3. The summed E-state index contributed by atoms with van der Waals surface area (Å²) in [6.07, 6.45) is -3.80. The Morgan fingerprint density at radius 3 is 2.26 bits per heavy atom. The van der Waals surface area contributed by atoms with Gasteiger partial charge in [0.05, 0.1) is 5.56 Å². The van der Waals surface area contributed by atoms with Crippen LogP contribution in [-0.2, 0) is 12.6 Å². The molecule has 0 bridgehead atoms. The zero-order chi connectivity index (χ0) is 22.0. The molecule has 3 aromatic carbocycles. The monoisotopic (exact) mass is 425 g/mol. The first kappa shape index (κ1) is 20.5. The fourth-order valence-corrected chi connectivity index (χ4v) is 3.47. The Bertz CT molecular complexity index is 1130. The van der Waals surface area contributed by atoms with E-state index in [4.69, 9.17) is 0 Å². The molecule has 0 aliphatic carbocycles. The van der Waals surface area contributed by atoms with E-state index < -0.39 is 17.8 Å². The highest BCUT2D eigenvalue weighted by Gasteiger charge is 2.30. The summed E-state index contributed by atoms with van der Waals surface area (Å²) >= 11 is 0. The van der Waals surface area contributed by atoms with Crippen LogP contribution in [0.3, 0.4) is 0 Å². The first-order valence-corrected chi connectivity index (χ1v) is 9.56. The van der Waals surface area contributed by atoms with Crippen LogP contribution in [0.5, 0.6) is 0 Å². The van der Waals surface area contributed by atoms with E-state index in [1.165, 1.54) is 12.1 Å². The predicted molar refractivity (Wildman–Crippen MR) is 112 cm³/mol. The van der Waals surface area contributed by atoms with Gasteiger partial charge in [-0.3, -0.25) is 4.79 Å². The molecule has 0 unspecified atom stereocenters. The van der Waals surface area contributed by atoms with Crippen molar-refractivity contribution in [2.75, 3.05) is 22.1 Å². The minimum absolute atomic E-state index is 0.0226. The normalized spacial score (nSPS) is 12.9. The van der Waals surface area contributed by atoms with Gasteiger partial charge in [0, 0.05) is 29.2 Å². The van der Waals surface area contributed by atoms with Gasteiger partial charge < -0.3 is 15.5 Å². The number of amides is 3. The Morgan fingerprint density at radius 1 is 0.839 bits per heavy atom. The smallest absolute Gasteiger partial charge is 0.308 e. The third-order valence-electron chi connectivity index (χ3n) is 4.95. The van der Waals surface area contributed by atoms with E-state index in [2.05, 4.69) is 10.6 Å². The lowest BCUT2D eigenvalue weighted by atomic mass is 10.1. The highest BCUT2D eigenvalue weighted by atomic mass is 19.4. The lowest BCUT2D eigenvalue weighted by Crippen LogP contribution is -2.29. The lowest BCUT2D eigenvalue weighted by Gasteiger charge is -2.18. The minimum atomic E-state index is -4.50. The number of alkyl halides is 3. The number of nitrogens with one attached hydrogen (secondary N) is 2. The Kier molecular flexibility index (Phi) is 5.37. The van der Waals surface area contributed by atoms with Gasteiger partial charge in [0.15, 0.2) is 0 Å². The Labute approximate surface area is 176 Å². The molecule has 2 N–H and O–H groups in total. The average Bonchev–Trinajstić information content (AvgIpc) is 3.16. The summed E-state index contributed by atoms with van der Waals surface area (Å²) in [6.45, 7) is 0.531. The van der Waals surface area contributed by atoms with Crippen LogP contribution >= 0.6 is 0 Å². The molecule has 1 aliphatic heterocycles. The molecule has 3 aromatic rings. The fraction of sp³-hybridized carbons (Fsp3) is 0.130. The summed E-state index contributed by atoms with van der Waals surface area (Å²) in [7, 11) is 0. The molecule has 8 heteroatoms.